The summed E-state index contributed by atoms with van der Waals surface area (Å²) in [7, 11) is -3.96. The van der Waals surface area contributed by atoms with E-state index in [1.807, 2.05) is 44.2 Å². The highest BCUT2D eigenvalue weighted by Crippen LogP contribution is 2.28. The molecule has 0 spiro atoms. The monoisotopic (exact) mass is 561 g/mol. The minimum atomic E-state index is -3.96. The number of amides is 1. The zero-order valence-electron chi connectivity index (χ0n) is 18.0. The minimum absolute atomic E-state index is 0.118. The van der Waals surface area contributed by atoms with Gasteiger partial charge in [0.1, 0.15) is 6.54 Å². The molecule has 0 aliphatic rings. The van der Waals surface area contributed by atoms with Crippen LogP contribution in [0.15, 0.2) is 82.8 Å². The number of hydrazone groups is 1. The lowest BCUT2D eigenvalue weighted by atomic mass is 10.1. The molecule has 6 nitrogen and oxygen atoms in total. The van der Waals surface area contributed by atoms with Crippen molar-refractivity contribution in [2.45, 2.75) is 25.7 Å². The molecule has 166 valence electrons. The Balaban J connectivity index is 1.90. The van der Waals surface area contributed by atoms with E-state index in [1.54, 1.807) is 37.3 Å². The molecular formula is C24H24IN3O3S. The third-order valence-corrected chi connectivity index (χ3v) is 7.57. The second-order valence-corrected chi connectivity index (χ2v) is 10.4. The summed E-state index contributed by atoms with van der Waals surface area (Å²) < 4.78 is 29.1. The van der Waals surface area contributed by atoms with Gasteiger partial charge in [0.25, 0.3) is 15.9 Å². The number of nitrogens with zero attached hydrogens (tertiary/aromatic N) is 2. The number of carbonyl (C=O) groups excluding carboxylic acids is 1. The van der Waals surface area contributed by atoms with Crippen molar-refractivity contribution in [1.82, 2.24) is 5.43 Å². The number of rotatable bonds is 7. The number of nitrogens with one attached hydrogen (secondary N) is 1. The van der Waals surface area contributed by atoms with Gasteiger partial charge in [0.05, 0.1) is 16.3 Å². The van der Waals surface area contributed by atoms with Crippen molar-refractivity contribution < 1.29 is 13.2 Å². The summed E-state index contributed by atoms with van der Waals surface area (Å²) in [5.74, 6) is -0.532. The Morgan fingerprint density at radius 2 is 1.62 bits per heavy atom. The third-order valence-electron chi connectivity index (χ3n) is 5.07. The van der Waals surface area contributed by atoms with Crippen molar-refractivity contribution >= 4 is 49.9 Å². The first kappa shape index (κ1) is 23.9. The SMILES string of the molecule is C/C(=N\NC(=O)CN(c1cccc(C)c1C)S(=O)(=O)c1ccccc1)c1ccc(I)cc1. The van der Waals surface area contributed by atoms with Crippen molar-refractivity contribution in [3.8, 4) is 0 Å². The highest BCUT2D eigenvalue weighted by atomic mass is 127. The predicted molar refractivity (Wildman–Crippen MR) is 136 cm³/mol. The van der Waals surface area contributed by atoms with Gasteiger partial charge in [-0.15, -0.1) is 0 Å². The molecule has 3 aromatic rings. The standard InChI is InChI=1S/C24H24IN3O3S/c1-17-8-7-11-23(18(17)2)28(32(30,31)22-9-5-4-6-10-22)16-24(29)27-26-19(3)20-12-14-21(25)15-13-20/h4-15H,16H2,1-3H3,(H,27,29)/b26-19+. The molecule has 0 bridgehead atoms. The maximum atomic E-state index is 13.4. The lowest BCUT2D eigenvalue weighted by molar-refractivity contribution is -0.119. The number of hydrogen-bond acceptors (Lipinski definition) is 4. The van der Waals surface area contributed by atoms with Gasteiger partial charge in [-0.25, -0.2) is 13.8 Å². The average molecular weight is 561 g/mol. The molecule has 3 aromatic carbocycles. The van der Waals surface area contributed by atoms with E-state index in [1.165, 1.54) is 12.1 Å². The first-order chi connectivity index (χ1) is 15.2. The van der Waals surface area contributed by atoms with Gasteiger partial charge in [0.15, 0.2) is 0 Å². The van der Waals surface area contributed by atoms with Gasteiger partial charge in [-0.05, 0) is 90.4 Å². The number of anilines is 1. The van der Waals surface area contributed by atoms with Crippen LogP contribution in [0.2, 0.25) is 0 Å². The zero-order valence-corrected chi connectivity index (χ0v) is 21.0. The molecule has 8 heteroatoms. The first-order valence-electron chi connectivity index (χ1n) is 9.93. The normalized spacial score (nSPS) is 11.8. The molecular weight excluding hydrogens is 537 g/mol. The van der Waals surface area contributed by atoms with Gasteiger partial charge < -0.3 is 0 Å². The van der Waals surface area contributed by atoms with E-state index < -0.39 is 22.5 Å². The van der Waals surface area contributed by atoms with Gasteiger partial charge in [-0.1, -0.05) is 42.5 Å². The molecule has 0 aliphatic carbocycles. The van der Waals surface area contributed by atoms with Crippen LogP contribution < -0.4 is 9.73 Å². The second kappa shape index (κ2) is 10.3. The zero-order chi connectivity index (χ0) is 23.3. The lowest BCUT2D eigenvalue weighted by Crippen LogP contribution is -2.40. The Kier molecular flexibility index (Phi) is 7.68. The summed E-state index contributed by atoms with van der Waals surface area (Å²) >= 11 is 2.22. The fourth-order valence-electron chi connectivity index (χ4n) is 3.09. The van der Waals surface area contributed by atoms with Crippen molar-refractivity contribution in [2.24, 2.45) is 5.10 Å². The molecule has 0 fully saturated rings. The molecule has 0 atom stereocenters. The molecule has 0 saturated heterocycles. The van der Waals surface area contributed by atoms with E-state index in [9.17, 15) is 13.2 Å². The maximum absolute atomic E-state index is 13.4. The van der Waals surface area contributed by atoms with E-state index in [2.05, 4.69) is 33.1 Å². The van der Waals surface area contributed by atoms with E-state index in [0.717, 1.165) is 24.6 Å². The number of carbonyl (C=O) groups is 1. The van der Waals surface area contributed by atoms with E-state index >= 15 is 0 Å². The van der Waals surface area contributed by atoms with Crippen LogP contribution in [0.3, 0.4) is 0 Å². The van der Waals surface area contributed by atoms with Gasteiger partial charge in [-0.3, -0.25) is 9.10 Å². The number of sulfonamides is 1. The molecule has 0 saturated carbocycles. The molecule has 0 aromatic heterocycles. The molecule has 0 radical (unpaired) electrons. The molecule has 0 heterocycles. The highest BCUT2D eigenvalue weighted by Gasteiger charge is 2.28. The van der Waals surface area contributed by atoms with Crippen LogP contribution in [0.5, 0.6) is 0 Å². The Hall–Kier alpha value is -2.72. The van der Waals surface area contributed by atoms with Crippen molar-refractivity contribution in [1.29, 1.82) is 0 Å². The summed E-state index contributed by atoms with van der Waals surface area (Å²) in [4.78, 5) is 12.9. The van der Waals surface area contributed by atoms with Crippen LogP contribution in [0, 0.1) is 17.4 Å². The van der Waals surface area contributed by atoms with Crippen molar-refractivity contribution in [3.05, 3.63) is 93.1 Å². The molecule has 1 N–H and O–H groups in total. The Bertz CT molecular complexity index is 1240. The smallest absolute Gasteiger partial charge is 0.264 e. The van der Waals surface area contributed by atoms with Crippen LogP contribution in [-0.4, -0.2) is 26.6 Å². The van der Waals surface area contributed by atoms with E-state index in [-0.39, 0.29) is 4.90 Å². The summed E-state index contributed by atoms with van der Waals surface area (Å²) in [5.41, 5.74) is 6.17. The van der Waals surface area contributed by atoms with Gasteiger partial charge >= 0.3 is 0 Å². The van der Waals surface area contributed by atoms with Crippen LogP contribution in [0.1, 0.15) is 23.6 Å². The third kappa shape index (κ3) is 5.55. The molecule has 3 rings (SSSR count). The number of halogens is 1. The van der Waals surface area contributed by atoms with Gasteiger partial charge in [0.2, 0.25) is 0 Å². The number of aryl methyl sites for hydroxylation is 1. The van der Waals surface area contributed by atoms with Crippen LogP contribution in [0.25, 0.3) is 0 Å². The molecule has 0 aliphatic heterocycles. The topological polar surface area (TPSA) is 78.8 Å². The fourth-order valence-corrected chi connectivity index (χ4v) is 4.95. The van der Waals surface area contributed by atoms with E-state index in [0.29, 0.717) is 11.4 Å². The fraction of sp³-hybridized carbons (Fsp3) is 0.167. The second-order valence-electron chi connectivity index (χ2n) is 7.28. The summed E-state index contributed by atoms with van der Waals surface area (Å²) in [6, 6.07) is 21.2. The highest BCUT2D eigenvalue weighted by molar-refractivity contribution is 14.1. The summed E-state index contributed by atoms with van der Waals surface area (Å²) in [6.45, 7) is 5.13. The van der Waals surface area contributed by atoms with Crippen LogP contribution in [-0.2, 0) is 14.8 Å². The quantitative estimate of drug-likeness (QED) is 0.259. The molecule has 1 amide bonds. The van der Waals surface area contributed by atoms with Crippen LogP contribution >= 0.6 is 22.6 Å². The van der Waals surface area contributed by atoms with Crippen molar-refractivity contribution in [3.63, 3.8) is 0 Å². The predicted octanol–water partition coefficient (Wildman–Crippen LogP) is 4.64. The lowest BCUT2D eigenvalue weighted by Gasteiger charge is -2.26. The Morgan fingerprint density at radius 1 is 0.969 bits per heavy atom. The van der Waals surface area contributed by atoms with Crippen LogP contribution in [0.4, 0.5) is 5.69 Å². The summed E-state index contributed by atoms with van der Waals surface area (Å²) in [5, 5.41) is 4.16. The minimum Gasteiger partial charge on any atom is -0.271 e. The Morgan fingerprint density at radius 3 is 2.28 bits per heavy atom. The van der Waals surface area contributed by atoms with Gasteiger partial charge in [0, 0.05) is 3.57 Å². The maximum Gasteiger partial charge on any atom is 0.264 e. The molecule has 0 unspecified atom stereocenters. The largest absolute Gasteiger partial charge is 0.271 e. The molecule has 32 heavy (non-hydrogen) atoms. The van der Waals surface area contributed by atoms with Crippen molar-refractivity contribution in [2.75, 3.05) is 10.8 Å². The summed E-state index contributed by atoms with van der Waals surface area (Å²) in [6.07, 6.45) is 0. The van der Waals surface area contributed by atoms with Gasteiger partial charge in [-0.2, -0.15) is 5.10 Å². The Labute approximate surface area is 202 Å². The average Bonchev–Trinajstić information content (AvgIpc) is 2.79. The number of hydrogen-bond donors (Lipinski definition) is 1. The van der Waals surface area contributed by atoms with E-state index in [4.69, 9.17) is 0 Å². The first-order valence-corrected chi connectivity index (χ1v) is 12.4. The number of benzene rings is 3.